The number of nitrogens with zero attached hydrogens (tertiary/aromatic N) is 1. The van der Waals surface area contributed by atoms with Crippen LogP contribution >= 0.6 is 15.9 Å². The van der Waals surface area contributed by atoms with Crippen LogP contribution < -0.4 is 5.32 Å². The van der Waals surface area contributed by atoms with Gasteiger partial charge in [0.05, 0.1) is 4.90 Å². The maximum atomic E-state index is 12.1. The fourth-order valence-electron chi connectivity index (χ4n) is 1.63. The fourth-order valence-corrected chi connectivity index (χ4v) is 3.56. The highest BCUT2D eigenvalue weighted by molar-refractivity contribution is 9.10. The number of carboxylic acid groups (broad SMARTS) is 1. The number of rotatable bonds is 6. The molecule has 0 aliphatic heterocycles. The minimum Gasteiger partial charge on any atom is -0.480 e. The molecule has 1 aromatic carbocycles. The molecule has 0 aromatic heterocycles. The first-order chi connectivity index (χ1) is 10.1. The molecule has 7 nitrogen and oxygen atoms in total. The summed E-state index contributed by atoms with van der Waals surface area (Å²) in [5.74, 6) is -1.70. The van der Waals surface area contributed by atoms with E-state index in [4.69, 9.17) is 5.11 Å². The number of aliphatic carboxylic acids is 1. The van der Waals surface area contributed by atoms with Crippen LogP contribution in [0.15, 0.2) is 27.6 Å². The van der Waals surface area contributed by atoms with E-state index in [0.717, 1.165) is 4.31 Å². The highest BCUT2D eigenvalue weighted by atomic mass is 79.9. The first kappa shape index (κ1) is 18.6. The van der Waals surface area contributed by atoms with E-state index in [2.05, 4.69) is 21.2 Å². The molecule has 0 aliphatic rings. The summed E-state index contributed by atoms with van der Waals surface area (Å²) in [7, 11) is -0.823. The van der Waals surface area contributed by atoms with Crippen LogP contribution in [0.2, 0.25) is 0 Å². The van der Waals surface area contributed by atoms with Crippen LogP contribution in [0.5, 0.6) is 0 Å². The van der Waals surface area contributed by atoms with Gasteiger partial charge in [0.25, 0.3) is 5.91 Å². The molecule has 1 rings (SSSR count). The Morgan fingerprint density at radius 3 is 2.36 bits per heavy atom. The number of hydrogen-bond donors (Lipinski definition) is 2. The molecule has 1 amide bonds. The number of carboxylic acids is 1. The molecule has 0 saturated carbocycles. The van der Waals surface area contributed by atoms with Crippen LogP contribution in [0.25, 0.3) is 0 Å². The number of amides is 1. The van der Waals surface area contributed by atoms with Crippen molar-refractivity contribution >= 4 is 37.8 Å². The van der Waals surface area contributed by atoms with E-state index in [-0.39, 0.29) is 21.4 Å². The van der Waals surface area contributed by atoms with Gasteiger partial charge in [0.15, 0.2) is 0 Å². The Morgan fingerprint density at radius 1 is 1.36 bits per heavy atom. The van der Waals surface area contributed by atoms with Gasteiger partial charge in [0.2, 0.25) is 10.0 Å². The van der Waals surface area contributed by atoms with Crippen molar-refractivity contribution in [1.29, 1.82) is 0 Å². The summed E-state index contributed by atoms with van der Waals surface area (Å²) in [6.45, 7) is 1.64. The minimum absolute atomic E-state index is 0.0272. The van der Waals surface area contributed by atoms with Gasteiger partial charge in [0.1, 0.15) is 6.04 Å². The second-order valence-corrected chi connectivity index (χ2v) is 7.68. The third-order valence-electron chi connectivity index (χ3n) is 2.96. The average Bonchev–Trinajstić information content (AvgIpc) is 2.43. The summed E-state index contributed by atoms with van der Waals surface area (Å²) in [6, 6.07) is 3.00. The van der Waals surface area contributed by atoms with E-state index in [9.17, 15) is 18.0 Å². The van der Waals surface area contributed by atoms with Gasteiger partial charge in [-0.1, -0.05) is 6.92 Å². The number of nitrogens with one attached hydrogen (secondary N) is 1. The van der Waals surface area contributed by atoms with Gasteiger partial charge in [-0.25, -0.2) is 17.5 Å². The van der Waals surface area contributed by atoms with Crippen molar-refractivity contribution in [3.8, 4) is 0 Å². The zero-order valence-corrected chi connectivity index (χ0v) is 14.7. The Balaban J connectivity index is 3.09. The molecule has 0 bridgehead atoms. The Labute approximate surface area is 137 Å². The van der Waals surface area contributed by atoms with E-state index in [1.54, 1.807) is 6.92 Å². The van der Waals surface area contributed by atoms with Crippen molar-refractivity contribution in [3.05, 3.63) is 28.2 Å². The van der Waals surface area contributed by atoms with E-state index in [1.165, 1.54) is 32.3 Å². The Bertz CT molecular complexity index is 688. The Morgan fingerprint density at radius 2 is 1.95 bits per heavy atom. The first-order valence-corrected chi connectivity index (χ1v) is 8.60. The third-order valence-corrected chi connectivity index (χ3v) is 5.76. The Hall–Kier alpha value is -1.45. The monoisotopic (exact) mass is 392 g/mol. The quantitative estimate of drug-likeness (QED) is 0.758. The number of halogens is 1. The highest BCUT2D eigenvalue weighted by Gasteiger charge is 2.23. The fraction of sp³-hybridized carbons (Fsp3) is 0.385. The second kappa shape index (κ2) is 7.21. The van der Waals surface area contributed by atoms with E-state index in [0.29, 0.717) is 0 Å². The molecule has 0 spiro atoms. The van der Waals surface area contributed by atoms with Gasteiger partial charge >= 0.3 is 5.97 Å². The van der Waals surface area contributed by atoms with Crippen molar-refractivity contribution in [2.75, 3.05) is 14.1 Å². The van der Waals surface area contributed by atoms with Crippen molar-refractivity contribution in [1.82, 2.24) is 9.62 Å². The van der Waals surface area contributed by atoms with Crippen LogP contribution in [0, 0.1) is 0 Å². The van der Waals surface area contributed by atoms with Gasteiger partial charge in [-0.2, -0.15) is 0 Å². The maximum Gasteiger partial charge on any atom is 0.326 e. The van der Waals surface area contributed by atoms with Crippen LogP contribution in [0.1, 0.15) is 23.7 Å². The van der Waals surface area contributed by atoms with Gasteiger partial charge in [-0.15, -0.1) is 0 Å². The molecule has 0 saturated heterocycles. The molecule has 9 heteroatoms. The lowest BCUT2D eigenvalue weighted by Gasteiger charge is -2.15. The molecular weight excluding hydrogens is 376 g/mol. The predicted molar refractivity (Wildman–Crippen MR) is 84.2 cm³/mol. The molecule has 22 heavy (non-hydrogen) atoms. The average molecular weight is 393 g/mol. The zero-order chi connectivity index (χ0) is 17.1. The van der Waals surface area contributed by atoms with Gasteiger partial charge in [-0.05, 0) is 40.5 Å². The standard InChI is InChI=1S/C13H17BrN2O5S/c1-4-10(13(18)19)15-12(17)8-5-6-11(9(14)7-8)22(20,21)16(2)3/h5-7,10H,4H2,1-3H3,(H,15,17)(H,18,19). The summed E-state index contributed by atoms with van der Waals surface area (Å²) in [4.78, 5) is 23.0. The van der Waals surface area contributed by atoms with E-state index >= 15 is 0 Å². The van der Waals surface area contributed by atoms with Gasteiger partial charge in [-0.3, -0.25) is 4.79 Å². The summed E-state index contributed by atoms with van der Waals surface area (Å²) >= 11 is 3.13. The first-order valence-electron chi connectivity index (χ1n) is 6.37. The molecule has 0 radical (unpaired) electrons. The molecular formula is C13H17BrN2O5S. The summed E-state index contributed by atoms with van der Waals surface area (Å²) in [5, 5.41) is 11.3. The summed E-state index contributed by atoms with van der Waals surface area (Å²) < 4.78 is 25.4. The normalized spacial score (nSPS) is 13.0. The molecule has 2 N–H and O–H groups in total. The smallest absolute Gasteiger partial charge is 0.326 e. The highest BCUT2D eigenvalue weighted by Crippen LogP contribution is 2.25. The number of carbonyl (C=O) groups excluding carboxylic acids is 1. The molecule has 1 unspecified atom stereocenters. The van der Waals surface area contributed by atoms with Crippen LogP contribution in [0.3, 0.4) is 0 Å². The lowest BCUT2D eigenvalue weighted by atomic mass is 10.1. The largest absolute Gasteiger partial charge is 0.480 e. The van der Waals surface area contributed by atoms with Crippen molar-refractivity contribution in [2.24, 2.45) is 0 Å². The number of benzene rings is 1. The lowest BCUT2D eigenvalue weighted by Crippen LogP contribution is -2.40. The number of hydrogen-bond acceptors (Lipinski definition) is 4. The van der Waals surface area contributed by atoms with Crippen LogP contribution in [-0.2, 0) is 14.8 Å². The molecule has 1 atom stereocenters. The minimum atomic E-state index is -3.63. The summed E-state index contributed by atoms with van der Waals surface area (Å²) in [6.07, 6.45) is 0.245. The van der Waals surface area contributed by atoms with Crippen molar-refractivity contribution in [2.45, 2.75) is 24.3 Å². The molecule has 1 aromatic rings. The predicted octanol–water partition coefficient (Wildman–Crippen LogP) is 1.29. The summed E-state index contributed by atoms with van der Waals surface area (Å²) in [5.41, 5.74) is 0.171. The van der Waals surface area contributed by atoms with Gasteiger partial charge in [0, 0.05) is 24.1 Å². The maximum absolute atomic E-state index is 12.1. The van der Waals surface area contributed by atoms with Crippen molar-refractivity contribution < 1.29 is 23.1 Å². The zero-order valence-electron chi connectivity index (χ0n) is 12.3. The molecule has 0 aliphatic carbocycles. The third kappa shape index (κ3) is 4.05. The topological polar surface area (TPSA) is 104 Å². The van der Waals surface area contributed by atoms with Gasteiger partial charge < -0.3 is 10.4 Å². The molecule has 0 fully saturated rings. The van der Waals surface area contributed by atoms with E-state index < -0.39 is 27.9 Å². The SMILES string of the molecule is CCC(NC(=O)c1ccc(S(=O)(=O)N(C)C)c(Br)c1)C(=O)O. The second-order valence-electron chi connectivity index (χ2n) is 4.71. The Kier molecular flexibility index (Phi) is 6.09. The molecule has 122 valence electrons. The van der Waals surface area contributed by atoms with Crippen molar-refractivity contribution in [3.63, 3.8) is 0 Å². The van der Waals surface area contributed by atoms with Crippen LogP contribution in [0.4, 0.5) is 0 Å². The number of carbonyl (C=O) groups is 2. The van der Waals surface area contributed by atoms with E-state index in [1.807, 2.05) is 0 Å². The van der Waals surface area contributed by atoms with Crippen LogP contribution in [-0.4, -0.2) is 49.8 Å². The lowest BCUT2D eigenvalue weighted by molar-refractivity contribution is -0.139. The number of sulfonamides is 1. The molecule has 0 heterocycles.